The number of alkyl carbamates (subject to hydrolysis) is 3. The molecule has 0 aliphatic carbocycles. The second-order valence-corrected chi connectivity index (χ2v) is 11.3. The van der Waals surface area contributed by atoms with Gasteiger partial charge in [0.25, 0.3) is 0 Å². The van der Waals surface area contributed by atoms with Crippen molar-refractivity contribution in [1.82, 2.24) is 16.0 Å². The number of nitrogens with one attached hydrogen (secondary N) is 3. The third-order valence-electron chi connectivity index (χ3n) is 3.79. The highest BCUT2D eigenvalue weighted by Crippen LogP contribution is 2.10. The number of rotatable bonds is 3. The van der Waals surface area contributed by atoms with Crippen LogP contribution < -0.4 is 16.0 Å². The van der Waals surface area contributed by atoms with Crippen molar-refractivity contribution in [3.8, 4) is 35.5 Å². The number of hydrogen-bond acceptors (Lipinski definition) is 6. The number of carbonyl (C=O) groups excluding carboxylic acids is 3. The highest BCUT2D eigenvalue weighted by Gasteiger charge is 2.16. The minimum absolute atomic E-state index is 0.0887. The molecule has 0 spiro atoms. The summed E-state index contributed by atoms with van der Waals surface area (Å²) in [6.07, 6.45) is -1.67. The average molecular weight is 538 g/mol. The molecule has 0 aliphatic heterocycles. The Bertz CT molecular complexity index is 1050. The van der Waals surface area contributed by atoms with E-state index in [-0.39, 0.29) is 19.6 Å². The Balaban J connectivity index is 2.99. The zero-order valence-electron chi connectivity index (χ0n) is 24.3. The number of hydrogen-bond donors (Lipinski definition) is 3. The molecule has 210 valence electrons. The van der Waals surface area contributed by atoms with Gasteiger partial charge in [0.1, 0.15) is 16.8 Å². The van der Waals surface area contributed by atoms with Crippen LogP contribution in [0.4, 0.5) is 14.4 Å². The molecule has 0 saturated carbocycles. The lowest BCUT2D eigenvalue weighted by Gasteiger charge is -2.19. The summed E-state index contributed by atoms with van der Waals surface area (Å²) in [6, 6.07) is 5.31. The first-order chi connectivity index (χ1) is 17.9. The first-order valence-electron chi connectivity index (χ1n) is 12.4. The smallest absolute Gasteiger partial charge is 0.408 e. The number of ether oxygens (including phenoxy) is 3. The summed E-state index contributed by atoms with van der Waals surface area (Å²) in [6.45, 7) is 16.3. The summed E-state index contributed by atoms with van der Waals surface area (Å²) in [5, 5.41) is 7.74. The van der Waals surface area contributed by atoms with Gasteiger partial charge in [-0.05, 0) is 80.5 Å². The van der Waals surface area contributed by atoms with E-state index in [4.69, 9.17) is 14.2 Å². The molecule has 0 atom stereocenters. The molecule has 1 aromatic carbocycles. The molecule has 0 aromatic heterocycles. The van der Waals surface area contributed by atoms with E-state index in [9.17, 15) is 14.4 Å². The van der Waals surface area contributed by atoms with Crippen LogP contribution in [-0.4, -0.2) is 54.7 Å². The van der Waals surface area contributed by atoms with Gasteiger partial charge < -0.3 is 30.2 Å². The van der Waals surface area contributed by atoms with Gasteiger partial charge in [-0.25, -0.2) is 14.4 Å². The van der Waals surface area contributed by atoms with Crippen molar-refractivity contribution in [2.45, 2.75) is 79.1 Å². The largest absolute Gasteiger partial charge is 0.444 e. The number of carbonyl (C=O) groups is 3. The molecular weight excluding hydrogens is 498 g/mol. The van der Waals surface area contributed by atoms with E-state index in [1.807, 2.05) is 0 Å². The van der Waals surface area contributed by atoms with Crippen molar-refractivity contribution in [2.24, 2.45) is 0 Å². The van der Waals surface area contributed by atoms with E-state index in [0.29, 0.717) is 16.7 Å². The van der Waals surface area contributed by atoms with Gasteiger partial charge in [-0.2, -0.15) is 0 Å². The molecule has 9 heteroatoms. The third kappa shape index (κ3) is 17.7. The second-order valence-electron chi connectivity index (χ2n) is 11.3. The monoisotopic (exact) mass is 537 g/mol. The van der Waals surface area contributed by atoms with Gasteiger partial charge in [0.05, 0.1) is 19.6 Å². The van der Waals surface area contributed by atoms with Crippen molar-refractivity contribution in [3.63, 3.8) is 0 Å². The first kappa shape index (κ1) is 32.7. The quantitative estimate of drug-likeness (QED) is 0.391. The van der Waals surface area contributed by atoms with E-state index in [2.05, 4.69) is 51.5 Å². The van der Waals surface area contributed by atoms with Crippen molar-refractivity contribution < 1.29 is 28.6 Å². The van der Waals surface area contributed by atoms with Gasteiger partial charge in [-0.3, -0.25) is 0 Å². The molecule has 0 unspecified atom stereocenters. The van der Waals surface area contributed by atoms with Crippen LogP contribution in [0.2, 0.25) is 0 Å². The molecule has 1 rings (SSSR count). The molecule has 0 heterocycles. The third-order valence-corrected chi connectivity index (χ3v) is 3.79. The zero-order chi connectivity index (χ0) is 29.7. The zero-order valence-corrected chi connectivity index (χ0v) is 24.3. The molecule has 1 aromatic rings. The molecule has 0 bridgehead atoms. The van der Waals surface area contributed by atoms with Crippen LogP contribution in [0.15, 0.2) is 18.2 Å². The van der Waals surface area contributed by atoms with Gasteiger partial charge >= 0.3 is 18.3 Å². The van der Waals surface area contributed by atoms with Crippen molar-refractivity contribution in [3.05, 3.63) is 34.9 Å². The summed E-state index contributed by atoms with van der Waals surface area (Å²) in [7, 11) is 0. The highest BCUT2D eigenvalue weighted by atomic mass is 16.6. The van der Waals surface area contributed by atoms with Crippen LogP contribution in [-0.2, 0) is 14.2 Å². The average Bonchev–Trinajstić information content (AvgIpc) is 2.74. The van der Waals surface area contributed by atoms with Crippen molar-refractivity contribution >= 4 is 18.3 Å². The van der Waals surface area contributed by atoms with E-state index >= 15 is 0 Å². The minimum Gasteiger partial charge on any atom is -0.444 e. The fourth-order valence-electron chi connectivity index (χ4n) is 2.57. The fraction of sp³-hybridized carbons (Fsp3) is 0.500. The van der Waals surface area contributed by atoms with Gasteiger partial charge in [-0.1, -0.05) is 35.5 Å². The van der Waals surface area contributed by atoms with E-state index in [1.165, 1.54) is 0 Å². The maximum absolute atomic E-state index is 11.8. The number of amides is 3. The molecule has 0 aliphatic rings. The Labute approximate surface area is 232 Å². The maximum Gasteiger partial charge on any atom is 0.408 e. The maximum atomic E-state index is 11.8. The highest BCUT2D eigenvalue weighted by molar-refractivity contribution is 5.69. The molecule has 0 fully saturated rings. The van der Waals surface area contributed by atoms with E-state index < -0.39 is 35.1 Å². The Morgan fingerprint density at radius 3 is 0.974 bits per heavy atom. The van der Waals surface area contributed by atoms with E-state index in [1.54, 1.807) is 80.5 Å². The predicted molar refractivity (Wildman–Crippen MR) is 150 cm³/mol. The van der Waals surface area contributed by atoms with Crippen molar-refractivity contribution in [2.75, 3.05) is 19.6 Å². The molecule has 0 radical (unpaired) electrons. The normalized spacial score (nSPS) is 10.7. The Hall–Kier alpha value is -4.29. The van der Waals surface area contributed by atoms with Gasteiger partial charge in [0.2, 0.25) is 0 Å². The lowest BCUT2D eigenvalue weighted by Crippen LogP contribution is -2.32. The summed E-state index contributed by atoms with van der Waals surface area (Å²) in [4.78, 5) is 35.4. The lowest BCUT2D eigenvalue weighted by atomic mass is 10.1. The van der Waals surface area contributed by atoms with E-state index in [0.717, 1.165) is 0 Å². The summed E-state index contributed by atoms with van der Waals surface area (Å²) < 4.78 is 15.6. The minimum atomic E-state index is -0.602. The van der Waals surface area contributed by atoms with Crippen LogP contribution in [0.5, 0.6) is 0 Å². The van der Waals surface area contributed by atoms with Crippen LogP contribution >= 0.6 is 0 Å². The molecule has 39 heavy (non-hydrogen) atoms. The summed E-state index contributed by atoms with van der Waals surface area (Å²) in [5.41, 5.74) is 0.0602. The topological polar surface area (TPSA) is 115 Å². The molecular formula is C30H39N3O6. The predicted octanol–water partition coefficient (Wildman–Crippen LogP) is 4.32. The van der Waals surface area contributed by atoms with Crippen molar-refractivity contribution in [1.29, 1.82) is 0 Å². The standard InChI is InChI=1S/C30H39N3O6/c1-28(2,3)37-25(34)31-16-10-13-22-19-23(14-11-17-32-26(35)38-29(4,5)6)21-24(20-22)15-12-18-33-27(36)39-30(7,8)9/h19-21H,16-18H2,1-9H3,(H,31,34)(H,32,35)(H,33,36). The number of benzene rings is 1. The Morgan fingerprint density at radius 1 is 0.538 bits per heavy atom. The molecule has 3 amide bonds. The lowest BCUT2D eigenvalue weighted by molar-refractivity contribution is 0.0523. The van der Waals surface area contributed by atoms with Gasteiger partial charge in [-0.15, -0.1) is 0 Å². The van der Waals surface area contributed by atoms with Gasteiger partial charge in [0, 0.05) is 16.7 Å². The first-order valence-corrected chi connectivity index (χ1v) is 12.4. The van der Waals surface area contributed by atoms with Crippen LogP contribution in [0, 0.1) is 35.5 Å². The van der Waals surface area contributed by atoms with Crippen LogP contribution in [0.25, 0.3) is 0 Å². The Morgan fingerprint density at radius 2 is 0.769 bits per heavy atom. The van der Waals surface area contributed by atoms with Crippen LogP contribution in [0.3, 0.4) is 0 Å². The summed E-state index contributed by atoms with van der Waals surface area (Å²) in [5.74, 6) is 17.6. The molecule has 0 saturated heterocycles. The Kier molecular flexibility index (Phi) is 12.3. The summed E-state index contributed by atoms with van der Waals surface area (Å²) >= 11 is 0. The molecule has 9 nitrogen and oxygen atoms in total. The SMILES string of the molecule is CC(C)(C)OC(=O)NCC#Cc1cc(C#CCNC(=O)OC(C)(C)C)cc(C#CCNC(=O)OC(C)(C)C)c1. The second kappa shape index (κ2) is 14.6. The molecule has 3 N–H and O–H groups in total. The fourth-order valence-corrected chi connectivity index (χ4v) is 2.57. The van der Waals surface area contributed by atoms with Crippen LogP contribution in [0.1, 0.15) is 79.0 Å². The van der Waals surface area contributed by atoms with Gasteiger partial charge in [0.15, 0.2) is 0 Å².